The van der Waals surface area contributed by atoms with Crippen LogP contribution in [-0.4, -0.2) is 56.1 Å². The van der Waals surface area contributed by atoms with E-state index in [1.54, 1.807) is 24.5 Å². The molecular formula is C16H21N3O5S. The molecule has 0 radical (unpaired) electrons. The molecule has 0 unspecified atom stereocenters. The molecule has 0 aliphatic carbocycles. The average molecular weight is 367 g/mol. The molecule has 1 aromatic rings. The Labute approximate surface area is 147 Å². The molecule has 0 aromatic heterocycles. The van der Waals surface area contributed by atoms with Gasteiger partial charge in [0.2, 0.25) is 10.0 Å². The molecule has 9 heteroatoms. The van der Waals surface area contributed by atoms with Crippen molar-refractivity contribution >= 4 is 15.9 Å². The van der Waals surface area contributed by atoms with E-state index in [0.717, 1.165) is 4.31 Å². The monoisotopic (exact) mass is 367 g/mol. The van der Waals surface area contributed by atoms with Crippen LogP contribution >= 0.6 is 0 Å². The molecule has 0 bridgehead atoms. The second-order valence-corrected chi connectivity index (χ2v) is 7.22. The first-order chi connectivity index (χ1) is 12.0. The molecule has 1 fully saturated rings. The molecule has 8 nitrogen and oxygen atoms in total. The Balaban J connectivity index is 2.24. The Morgan fingerprint density at radius 2 is 2.12 bits per heavy atom. The first-order valence-corrected chi connectivity index (χ1v) is 9.23. The normalized spacial score (nSPS) is 18.6. The smallest absolute Gasteiger partial charge is 0.261 e. The maximum Gasteiger partial charge on any atom is 0.261 e. The van der Waals surface area contributed by atoms with Crippen LogP contribution in [0.5, 0.6) is 5.75 Å². The number of carbonyl (C=O) groups is 1. The Kier molecular flexibility index (Phi) is 6.78. The van der Waals surface area contributed by atoms with Gasteiger partial charge in [-0.2, -0.15) is 4.31 Å². The number of nitrogens with one attached hydrogen (secondary N) is 2. The summed E-state index contributed by atoms with van der Waals surface area (Å²) in [6.45, 7) is 2.96. The van der Waals surface area contributed by atoms with E-state index in [2.05, 4.69) is 17.2 Å². The highest BCUT2D eigenvalue weighted by Crippen LogP contribution is 2.23. The minimum atomic E-state index is -3.89. The molecule has 0 saturated carbocycles. The summed E-state index contributed by atoms with van der Waals surface area (Å²) >= 11 is 0. The van der Waals surface area contributed by atoms with E-state index < -0.39 is 22.0 Å². The van der Waals surface area contributed by atoms with E-state index >= 15 is 0 Å². The van der Waals surface area contributed by atoms with Crippen LogP contribution in [0.3, 0.4) is 0 Å². The molecule has 136 valence electrons. The van der Waals surface area contributed by atoms with Gasteiger partial charge >= 0.3 is 0 Å². The van der Waals surface area contributed by atoms with E-state index in [-0.39, 0.29) is 24.5 Å². The zero-order chi connectivity index (χ0) is 18.3. The predicted octanol–water partition coefficient (Wildman–Crippen LogP) is -0.0533. The Morgan fingerprint density at radius 1 is 1.40 bits per heavy atom. The van der Waals surface area contributed by atoms with Crippen LogP contribution < -0.4 is 15.5 Å². The van der Waals surface area contributed by atoms with Gasteiger partial charge in [-0.1, -0.05) is 5.92 Å². The maximum absolute atomic E-state index is 12.9. The van der Waals surface area contributed by atoms with Crippen LogP contribution in [0.25, 0.3) is 0 Å². The second kappa shape index (κ2) is 8.82. The highest BCUT2D eigenvalue weighted by atomic mass is 32.2. The molecule has 1 aliphatic rings. The van der Waals surface area contributed by atoms with Gasteiger partial charge in [-0.3, -0.25) is 10.0 Å². The Morgan fingerprint density at radius 3 is 2.76 bits per heavy atom. The summed E-state index contributed by atoms with van der Waals surface area (Å²) in [6.07, 6.45) is 0.266. The lowest BCUT2D eigenvalue weighted by molar-refractivity contribution is -0.133. The highest BCUT2D eigenvalue weighted by Gasteiger charge is 2.36. The standard InChI is InChI=1S/C16H21N3O5S/c1-2-3-12-24-13-4-6-14(7-5-13)25(22,23)19-11-10-17-9-8-15(19)16(20)18-21/h4-7,15,17,21H,8-12H2,1H3,(H,18,20)/t15-/m1/s1. The second-order valence-electron chi connectivity index (χ2n) is 5.33. The van der Waals surface area contributed by atoms with Crippen LogP contribution in [0.4, 0.5) is 0 Å². The van der Waals surface area contributed by atoms with Crippen molar-refractivity contribution in [2.45, 2.75) is 24.3 Å². The van der Waals surface area contributed by atoms with Crippen molar-refractivity contribution in [2.24, 2.45) is 0 Å². The van der Waals surface area contributed by atoms with Crippen LogP contribution in [0.2, 0.25) is 0 Å². The SMILES string of the molecule is CC#CCOc1ccc(S(=O)(=O)N2CCNCC[C@@H]2C(=O)NO)cc1. The maximum atomic E-state index is 12.9. The molecule has 1 amide bonds. The summed E-state index contributed by atoms with van der Waals surface area (Å²) in [5.74, 6) is 5.21. The quantitative estimate of drug-likeness (QED) is 0.383. The first kappa shape index (κ1) is 19.2. The molecular weight excluding hydrogens is 346 g/mol. The number of hydrogen-bond acceptors (Lipinski definition) is 6. The van der Waals surface area contributed by atoms with Crippen molar-refractivity contribution in [3.63, 3.8) is 0 Å². The Bertz CT molecular complexity index is 752. The molecule has 0 spiro atoms. The van der Waals surface area contributed by atoms with Gasteiger partial charge in [0.05, 0.1) is 4.90 Å². The minimum Gasteiger partial charge on any atom is -0.481 e. The highest BCUT2D eigenvalue weighted by molar-refractivity contribution is 7.89. The van der Waals surface area contributed by atoms with Crippen molar-refractivity contribution < 1.29 is 23.2 Å². The summed E-state index contributed by atoms with van der Waals surface area (Å²) in [5, 5.41) is 12.0. The van der Waals surface area contributed by atoms with E-state index in [9.17, 15) is 13.2 Å². The third kappa shape index (κ3) is 4.70. The first-order valence-electron chi connectivity index (χ1n) is 7.79. The number of hydroxylamine groups is 1. The average Bonchev–Trinajstić information content (AvgIpc) is 2.88. The van der Waals surface area contributed by atoms with Gasteiger partial charge in [-0.25, -0.2) is 13.9 Å². The predicted molar refractivity (Wildman–Crippen MR) is 90.5 cm³/mol. The number of rotatable bonds is 5. The van der Waals surface area contributed by atoms with Gasteiger partial charge in [0.1, 0.15) is 18.4 Å². The molecule has 1 aliphatic heterocycles. The van der Waals surface area contributed by atoms with Crippen molar-refractivity contribution in [3.05, 3.63) is 24.3 Å². The lowest BCUT2D eigenvalue weighted by Crippen LogP contribution is -2.49. The third-order valence-corrected chi connectivity index (χ3v) is 5.70. The number of carbonyl (C=O) groups excluding carboxylic acids is 1. The summed E-state index contributed by atoms with van der Waals surface area (Å²) in [4.78, 5) is 11.9. The van der Waals surface area contributed by atoms with Crippen molar-refractivity contribution in [2.75, 3.05) is 26.2 Å². The fraction of sp³-hybridized carbons (Fsp3) is 0.438. The van der Waals surface area contributed by atoms with Crippen LogP contribution in [0.1, 0.15) is 13.3 Å². The number of nitrogens with zero attached hydrogens (tertiary/aromatic N) is 1. The minimum absolute atomic E-state index is 0.0547. The summed E-state index contributed by atoms with van der Waals surface area (Å²) in [7, 11) is -3.89. The molecule has 1 heterocycles. The van der Waals surface area contributed by atoms with E-state index in [1.165, 1.54) is 12.1 Å². The number of hydrogen-bond donors (Lipinski definition) is 3. The van der Waals surface area contributed by atoms with Gasteiger partial charge in [-0.15, -0.1) is 5.92 Å². The largest absolute Gasteiger partial charge is 0.481 e. The topological polar surface area (TPSA) is 108 Å². The number of amides is 1. The summed E-state index contributed by atoms with van der Waals surface area (Å²) < 4.78 is 32.3. The van der Waals surface area contributed by atoms with Crippen LogP contribution in [0, 0.1) is 11.8 Å². The van der Waals surface area contributed by atoms with Gasteiger partial charge < -0.3 is 10.1 Å². The van der Waals surface area contributed by atoms with Crippen molar-refractivity contribution in [1.29, 1.82) is 0 Å². The number of benzene rings is 1. The van der Waals surface area contributed by atoms with Crippen molar-refractivity contribution in [1.82, 2.24) is 15.1 Å². The molecule has 1 aromatic carbocycles. The van der Waals surface area contributed by atoms with Crippen LogP contribution in [0.15, 0.2) is 29.2 Å². The van der Waals surface area contributed by atoms with E-state index in [1.807, 2.05) is 0 Å². The number of sulfonamides is 1. The fourth-order valence-electron chi connectivity index (χ4n) is 2.51. The molecule has 3 N–H and O–H groups in total. The van der Waals surface area contributed by atoms with Gasteiger partial charge in [0.25, 0.3) is 5.91 Å². The van der Waals surface area contributed by atoms with Crippen LogP contribution in [-0.2, 0) is 14.8 Å². The summed E-state index contributed by atoms with van der Waals surface area (Å²) in [6, 6.07) is 4.97. The van der Waals surface area contributed by atoms with Gasteiger partial charge in [-0.05, 0) is 44.2 Å². The molecule has 25 heavy (non-hydrogen) atoms. The molecule has 2 rings (SSSR count). The van der Waals surface area contributed by atoms with E-state index in [4.69, 9.17) is 9.94 Å². The van der Waals surface area contributed by atoms with E-state index in [0.29, 0.717) is 18.8 Å². The fourth-order valence-corrected chi connectivity index (χ4v) is 4.13. The zero-order valence-corrected chi connectivity index (χ0v) is 14.7. The lowest BCUT2D eigenvalue weighted by Gasteiger charge is -2.27. The third-order valence-electron chi connectivity index (χ3n) is 3.78. The summed E-state index contributed by atoms with van der Waals surface area (Å²) in [5.41, 5.74) is 1.55. The van der Waals surface area contributed by atoms with Gasteiger partial charge in [0.15, 0.2) is 0 Å². The Hall–Kier alpha value is -2.12. The number of ether oxygens (including phenoxy) is 1. The molecule has 1 saturated heterocycles. The van der Waals surface area contributed by atoms with Gasteiger partial charge in [0, 0.05) is 13.1 Å². The molecule has 1 atom stereocenters. The lowest BCUT2D eigenvalue weighted by atomic mass is 10.2. The van der Waals surface area contributed by atoms with Crippen molar-refractivity contribution in [3.8, 4) is 17.6 Å². The zero-order valence-electron chi connectivity index (χ0n) is 13.9.